The molecule has 5 nitrogen and oxygen atoms in total. The molecule has 1 rings (SSSR count). The molecule has 2 amide bonds. The molecular weight excluding hydrogens is 315 g/mol. The largest absolute Gasteiger partial charge is 0.483 e. The van der Waals surface area contributed by atoms with Crippen molar-refractivity contribution in [3.05, 3.63) is 29.8 Å². The Morgan fingerprint density at radius 1 is 1.19 bits per heavy atom. The summed E-state index contributed by atoms with van der Waals surface area (Å²) in [6, 6.07) is 7.57. The summed E-state index contributed by atoms with van der Waals surface area (Å²) in [7, 11) is 0. The molecule has 0 saturated heterocycles. The SMILES string of the molecule is CCc1ccccc1OCC(=O)NCCNC(=O)C(Cl)Cl. The van der Waals surface area contributed by atoms with Gasteiger partial charge in [-0.1, -0.05) is 48.3 Å². The number of ether oxygens (including phenoxy) is 1. The number of benzene rings is 1. The quantitative estimate of drug-likeness (QED) is 0.562. The van der Waals surface area contributed by atoms with Crippen molar-refractivity contribution in [3.63, 3.8) is 0 Å². The predicted octanol–water partition coefficient (Wildman–Crippen LogP) is 1.66. The molecule has 0 aliphatic heterocycles. The number of carbonyl (C=O) groups excluding carboxylic acids is 2. The van der Waals surface area contributed by atoms with Gasteiger partial charge >= 0.3 is 0 Å². The molecule has 0 fully saturated rings. The predicted molar refractivity (Wildman–Crippen MR) is 82.8 cm³/mol. The van der Waals surface area contributed by atoms with Crippen LogP contribution in [0, 0.1) is 0 Å². The van der Waals surface area contributed by atoms with E-state index in [9.17, 15) is 9.59 Å². The van der Waals surface area contributed by atoms with Crippen LogP contribution >= 0.6 is 23.2 Å². The third kappa shape index (κ3) is 6.69. The molecule has 0 unspecified atom stereocenters. The number of halogens is 2. The van der Waals surface area contributed by atoms with Gasteiger partial charge in [-0.25, -0.2) is 0 Å². The van der Waals surface area contributed by atoms with Crippen molar-refractivity contribution in [2.45, 2.75) is 18.2 Å². The van der Waals surface area contributed by atoms with Crippen LogP contribution in [-0.2, 0) is 16.0 Å². The molecule has 0 atom stereocenters. The van der Waals surface area contributed by atoms with Crippen molar-refractivity contribution < 1.29 is 14.3 Å². The van der Waals surface area contributed by atoms with E-state index in [0.717, 1.165) is 12.0 Å². The number of hydrogen-bond donors (Lipinski definition) is 2. The van der Waals surface area contributed by atoms with Crippen LogP contribution in [0.1, 0.15) is 12.5 Å². The van der Waals surface area contributed by atoms with E-state index in [1.165, 1.54) is 0 Å². The summed E-state index contributed by atoms with van der Waals surface area (Å²) in [5.74, 6) is -0.0419. The zero-order valence-electron chi connectivity index (χ0n) is 11.7. The van der Waals surface area contributed by atoms with E-state index in [2.05, 4.69) is 10.6 Å². The number of carbonyl (C=O) groups is 2. The number of amides is 2. The van der Waals surface area contributed by atoms with Gasteiger partial charge in [0.1, 0.15) is 5.75 Å². The first kappa shape index (κ1) is 17.6. The first-order valence-corrected chi connectivity index (χ1v) is 7.45. The second-order valence-electron chi connectivity index (χ2n) is 4.19. The van der Waals surface area contributed by atoms with Crippen molar-refractivity contribution in [2.75, 3.05) is 19.7 Å². The Kier molecular flexibility index (Phi) is 7.93. The standard InChI is InChI=1S/C14H18Cl2N2O3/c1-2-10-5-3-4-6-11(10)21-9-12(19)17-7-8-18-14(20)13(15)16/h3-6,13H,2,7-9H2,1H3,(H,17,19)(H,18,20). The van der Waals surface area contributed by atoms with Crippen LogP contribution in [0.5, 0.6) is 5.75 Å². The van der Waals surface area contributed by atoms with E-state index >= 15 is 0 Å². The van der Waals surface area contributed by atoms with Gasteiger partial charge in [0.05, 0.1) is 0 Å². The zero-order valence-corrected chi connectivity index (χ0v) is 13.2. The molecule has 0 aliphatic carbocycles. The molecule has 0 aromatic heterocycles. The number of para-hydroxylation sites is 1. The third-order valence-corrected chi connectivity index (χ3v) is 3.05. The topological polar surface area (TPSA) is 67.4 Å². The first-order chi connectivity index (χ1) is 10.0. The summed E-state index contributed by atoms with van der Waals surface area (Å²) >= 11 is 10.7. The fraction of sp³-hybridized carbons (Fsp3) is 0.429. The smallest absolute Gasteiger partial charge is 0.258 e. The number of hydrogen-bond acceptors (Lipinski definition) is 3. The highest BCUT2D eigenvalue weighted by Gasteiger charge is 2.10. The maximum absolute atomic E-state index is 11.6. The Morgan fingerprint density at radius 2 is 1.86 bits per heavy atom. The highest BCUT2D eigenvalue weighted by Crippen LogP contribution is 2.17. The van der Waals surface area contributed by atoms with E-state index in [-0.39, 0.29) is 25.6 Å². The van der Waals surface area contributed by atoms with Crippen LogP contribution in [0.25, 0.3) is 0 Å². The maximum atomic E-state index is 11.6. The number of rotatable bonds is 8. The lowest BCUT2D eigenvalue weighted by molar-refractivity contribution is -0.123. The van der Waals surface area contributed by atoms with E-state index in [0.29, 0.717) is 5.75 Å². The van der Waals surface area contributed by atoms with Crippen LogP contribution < -0.4 is 15.4 Å². The lowest BCUT2D eigenvalue weighted by Crippen LogP contribution is -2.38. The zero-order chi connectivity index (χ0) is 15.7. The molecule has 0 aliphatic rings. The Hall–Kier alpha value is -1.46. The molecule has 116 valence electrons. The molecular formula is C14H18Cl2N2O3. The second-order valence-corrected chi connectivity index (χ2v) is 5.29. The van der Waals surface area contributed by atoms with Gasteiger partial charge in [-0.2, -0.15) is 0 Å². The van der Waals surface area contributed by atoms with Crippen LogP contribution in [0.15, 0.2) is 24.3 Å². The van der Waals surface area contributed by atoms with Gasteiger partial charge in [-0.05, 0) is 18.1 Å². The van der Waals surface area contributed by atoms with Crippen molar-refractivity contribution >= 4 is 35.0 Å². The molecule has 1 aromatic rings. The number of alkyl halides is 2. The Labute approximate surface area is 133 Å². The Bertz CT molecular complexity index is 481. The lowest BCUT2D eigenvalue weighted by atomic mass is 10.1. The van der Waals surface area contributed by atoms with Crippen LogP contribution in [0.3, 0.4) is 0 Å². The third-order valence-electron chi connectivity index (χ3n) is 2.66. The molecule has 0 heterocycles. The Morgan fingerprint density at radius 3 is 2.52 bits per heavy atom. The van der Waals surface area contributed by atoms with Crippen LogP contribution in [0.4, 0.5) is 0 Å². The molecule has 7 heteroatoms. The van der Waals surface area contributed by atoms with Gasteiger partial charge in [0, 0.05) is 13.1 Å². The molecule has 0 radical (unpaired) electrons. The molecule has 2 N–H and O–H groups in total. The fourth-order valence-electron chi connectivity index (χ4n) is 1.60. The van der Waals surface area contributed by atoms with Gasteiger partial charge in [-0.3, -0.25) is 9.59 Å². The van der Waals surface area contributed by atoms with Crippen molar-refractivity contribution in [3.8, 4) is 5.75 Å². The van der Waals surface area contributed by atoms with E-state index in [4.69, 9.17) is 27.9 Å². The summed E-state index contributed by atoms with van der Waals surface area (Å²) in [5.41, 5.74) is 1.05. The lowest BCUT2D eigenvalue weighted by Gasteiger charge is -2.11. The van der Waals surface area contributed by atoms with Gasteiger partial charge in [0.2, 0.25) is 0 Å². The number of aryl methyl sites for hydroxylation is 1. The summed E-state index contributed by atoms with van der Waals surface area (Å²) in [5, 5.41) is 5.09. The highest BCUT2D eigenvalue weighted by atomic mass is 35.5. The average molecular weight is 333 g/mol. The summed E-state index contributed by atoms with van der Waals surface area (Å²) < 4.78 is 5.46. The normalized spacial score (nSPS) is 10.3. The minimum Gasteiger partial charge on any atom is -0.483 e. The molecule has 0 spiro atoms. The van der Waals surface area contributed by atoms with Gasteiger partial charge in [-0.15, -0.1) is 0 Å². The molecule has 1 aromatic carbocycles. The number of nitrogens with one attached hydrogen (secondary N) is 2. The maximum Gasteiger partial charge on any atom is 0.258 e. The van der Waals surface area contributed by atoms with Crippen LogP contribution in [0.2, 0.25) is 0 Å². The fourth-order valence-corrected chi connectivity index (χ4v) is 1.75. The second kappa shape index (κ2) is 9.47. The summed E-state index contributed by atoms with van der Waals surface area (Å²) in [6.07, 6.45) is 0.835. The monoisotopic (exact) mass is 332 g/mol. The molecule has 21 heavy (non-hydrogen) atoms. The van der Waals surface area contributed by atoms with Gasteiger partial charge in [0.15, 0.2) is 11.4 Å². The summed E-state index contributed by atoms with van der Waals surface area (Å²) in [4.78, 5) is 21.5. The minimum absolute atomic E-state index is 0.0708. The van der Waals surface area contributed by atoms with Crippen molar-refractivity contribution in [2.24, 2.45) is 0 Å². The van der Waals surface area contributed by atoms with Crippen LogP contribution in [-0.4, -0.2) is 36.3 Å². The van der Waals surface area contributed by atoms with E-state index < -0.39 is 10.7 Å². The Balaban J connectivity index is 2.24. The molecule has 0 saturated carbocycles. The van der Waals surface area contributed by atoms with Gasteiger partial charge in [0.25, 0.3) is 11.8 Å². The summed E-state index contributed by atoms with van der Waals surface area (Å²) in [6.45, 7) is 2.49. The molecule has 0 bridgehead atoms. The van der Waals surface area contributed by atoms with E-state index in [1.54, 1.807) is 0 Å². The van der Waals surface area contributed by atoms with Crippen molar-refractivity contribution in [1.82, 2.24) is 10.6 Å². The van der Waals surface area contributed by atoms with E-state index in [1.807, 2.05) is 31.2 Å². The minimum atomic E-state index is -1.10. The highest BCUT2D eigenvalue weighted by molar-refractivity contribution is 6.53. The average Bonchev–Trinajstić information content (AvgIpc) is 2.49. The first-order valence-electron chi connectivity index (χ1n) is 6.57. The van der Waals surface area contributed by atoms with Crippen molar-refractivity contribution in [1.29, 1.82) is 0 Å². The van der Waals surface area contributed by atoms with Gasteiger partial charge < -0.3 is 15.4 Å².